The van der Waals surface area contributed by atoms with Crippen LogP contribution in [0.2, 0.25) is 0 Å². The lowest BCUT2D eigenvalue weighted by atomic mass is 9.97. The van der Waals surface area contributed by atoms with Gasteiger partial charge in [0.15, 0.2) is 0 Å². The van der Waals surface area contributed by atoms with Gasteiger partial charge in [-0.3, -0.25) is 0 Å². The number of carboxylic acid groups (broad SMARTS) is 1. The second kappa shape index (κ2) is 5.69. The van der Waals surface area contributed by atoms with E-state index in [4.69, 9.17) is 0 Å². The van der Waals surface area contributed by atoms with Crippen LogP contribution in [0.5, 0.6) is 0 Å². The highest BCUT2D eigenvalue weighted by Gasteiger charge is 2.24. The first kappa shape index (κ1) is 13.3. The molecule has 1 fully saturated rings. The Bertz CT molecular complexity index is 431. The molecule has 1 aromatic heterocycles. The Morgan fingerprint density at radius 2 is 2.11 bits per heavy atom. The predicted octanol–water partition coefficient (Wildman–Crippen LogP) is 3.53. The molecule has 1 saturated carbocycles. The molecule has 0 aliphatic heterocycles. The number of nitrogens with one attached hydrogen (secondary N) is 1. The minimum absolute atomic E-state index is 0.344. The van der Waals surface area contributed by atoms with Crippen molar-refractivity contribution >= 4 is 22.5 Å². The van der Waals surface area contributed by atoms with Gasteiger partial charge in [-0.1, -0.05) is 26.2 Å². The lowest BCUT2D eigenvalue weighted by molar-refractivity contribution is 0.0697. The predicted molar refractivity (Wildman–Crippen MR) is 73.5 cm³/mol. The molecule has 18 heavy (non-hydrogen) atoms. The van der Waals surface area contributed by atoms with Crippen LogP contribution in [0.1, 0.15) is 55.1 Å². The zero-order valence-electron chi connectivity index (χ0n) is 10.9. The Balaban J connectivity index is 2.15. The Labute approximate surface area is 112 Å². The second-order valence-corrected chi connectivity index (χ2v) is 5.92. The molecular weight excluding hydrogens is 248 g/mol. The van der Waals surface area contributed by atoms with Gasteiger partial charge in [0.2, 0.25) is 0 Å². The zero-order valence-corrected chi connectivity index (χ0v) is 11.7. The Morgan fingerprint density at radius 3 is 2.83 bits per heavy atom. The third-order valence-electron chi connectivity index (χ3n) is 3.75. The van der Waals surface area contributed by atoms with E-state index in [0.717, 1.165) is 11.4 Å². The van der Waals surface area contributed by atoms with Gasteiger partial charge in [-0.2, -0.15) is 4.37 Å². The van der Waals surface area contributed by atoms with Gasteiger partial charge in [-0.05, 0) is 37.2 Å². The molecule has 0 spiro atoms. The highest BCUT2D eigenvalue weighted by molar-refractivity contribution is 7.10. The number of aromatic nitrogens is 1. The van der Waals surface area contributed by atoms with Crippen LogP contribution in [0.15, 0.2) is 0 Å². The van der Waals surface area contributed by atoms with E-state index in [1.165, 1.54) is 37.2 Å². The van der Waals surface area contributed by atoms with Crippen LogP contribution in [0.3, 0.4) is 0 Å². The fourth-order valence-electron chi connectivity index (χ4n) is 2.60. The SMILES string of the molecule is Cc1nsc(NC2CCCCCC2C)c1C(=O)O. The van der Waals surface area contributed by atoms with E-state index in [2.05, 4.69) is 16.6 Å². The molecule has 2 rings (SSSR count). The molecule has 1 heterocycles. The Kier molecular flexibility index (Phi) is 4.22. The third kappa shape index (κ3) is 2.83. The van der Waals surface area contributed by atoms with E-state index in [9.17, 15) is 9.90 Å². The van der Waals surface area contributed by atoms with Gasteiger partial charge in [-0.15, -0.1) is 0 Å². The van der Waals surface area contributed by atoms with Gasteiger partial charge < -0.3 is 10.4 Å². The van der Waals surface area contributed by atoms with Gasteiger partial charge >= 0.3 is 5.97 Å². The summed E-state index contributed by atoms with van der Waals surface area (Å²) in [6.07, 6.45) is 6.14. The van der Waals surface area contributed by atoms with Gasteiger partial charge in [0.05, 0.1) is 5.69 Å². The smallest absolute Gasteiger partial charge is 0.340 e. The number of nitrogens with zero attached hydrogens (tertiary/aromatic N) is 1. The summed E-state index contributed by atoms with van der Waals surface area (Å²) in [5, 5.41) is 13.4. The first-order valence-electron chi connectivity index (χ1n) is 6.55. The topological polar surface area (TPSA) is 62.2 Å². The lowest BCUT2D eigenvalue weighted by Crippen LogP contribution is -2.26. The quantitative estimate of drug-likeness (QED) is 0.823. The summed E-state index contributed by atoms with van der Waals surface area (Å²) in [6.45, 7) is 4.00. The van der Waals surface area contributed by atoms with E-state index in [1.54, 1.807) is 6.92 Å². The van der Waals surface area contributed by atoms with Gasteiger partial charge in [0, 0.05) is 6.04 Å². The van der Waals surface area contributed by atoms with Crippen LogP contribution in [-0.2, 0) is 0 Å². The summed E-state index contributed by atoms with van der Waals surface area (Å²) in [7, 11) is 0. The molecule has 0 saturated heterocycles. The van der Waals surface area contributed by atoms with Crippen molar-refractivity contribution < 1.29 is 9.90 Å². The fourth-order valence-corrected chi connectivity index (χ4v) is 3.45. The number of anilines is 1. The number of hydrogen-bond acceptors (Lipinski definition) is 4. The fraction of sp³-hybridized carbons (Fsp3) is 0.692. The van der Waals surface area contributed by atoms with Crippen molar-refractivity contribution in [2.45, 2.75) is 52.0 Å². The van der Waals surface area contributed by atoms with Crippen molar-refractivity contribution in [1.82, 2.24) is 4.37 Å². The molecule has 0 amide bonds. The van der Waals surface area contributed by atoms with Crippen LogP contribution in [0.25, 0.3) is 0 Å². The van der Waals surface area contributed by atoms with Crippen LogP contribution in [0.4, 0.5) is 5.00 Å². The summed E-state index contributed by atoms with van der Waals surface area (Å²) in [5.74, 6) is -0.290. The van der Waals surface area contributed by atoms with Crippen LogP contribution >= 0.6 is 11.5 Å². The van der Waals surface area contributed by atoms with Crippen LogP contribution in [-0.4, -0.2) is 21.5 Å². The molecule has 1 aliphatic rings. The maximum atomic E-state index is 11.2. The highest BCUT2D eigenvalue weighted by atomic mass is 32.1. The van der Waals surface area contributed by atoms with Crippen molar-refractivity contribution in [2.75, 3.05) is 5.32 Å². The number of aromatic carboxylic acids is 1. The number of hydrogen-bond donors (Lipinski definition) is 2. The Hall–Kier alpha value is -1.10. The van der Waals surface area contributed by atoms with Gasteiger partial charge in [-0.25, -0.2) is 4.79 Å². The molecule has 4 nitrogen and oxygen atoms in total. The van der Waals surface area contributed by atoms with E-state index in [1.807, 2.05) is 0 Å². The van der Waals surface area contributed by atoms with Gasteiger partial charge in [0.25, 0.3) is 0 Å². The van der Waals surface area contributed by atoms with Crippen LogP contribution < -0.4 is 5.32 Å². The molecule has 2 unspecified atom stereocenters. The largest absolute Gasteiger partial charge is 0.478 e. The molecular formula is C13H20N2O2S. The van der Waals surface area contributed by atoms with Crippen molar-refractivity contribution in [3.8, 4) is 0 Å². The van der Waals surface area contributed by atoms with Gasteiger partial charge in [0.1, 0.15) is 10.6 Å². The zero-order chi connectivity index (χ0) is 13.1. The van der Waals surface area contributed by atoms with Crippen molar-refractivity contribution in [1.29, 1.82) is 0 Å². The van der Waals surface area contributed by atoms with Crippen molar-refractivity contribution in [2.24, 2.45) is 5.92 Å². The average Bonchev–Trinajstić information content (AvgIpc) is 2.55. The maximum Gasteiger partial charge on any atom is 0.340 e. The van der Waals surface area contributed by atoms with E-state index >= 15 is 0 Å². The standard InChI is InChI=1S/C13H20N2O2S/c1-8-6-4-3-5-7-10(8)14-12-11(13(16)17)9(2)15-18-12/h8,10,14H,3-7H2,1-2H3,(H,16,17). The first-order valence-corrected chi connectivity index (χ1v) is 7.33. The summed E-state index contributed by atoms with van der Waals surface area (Å²) in [6, 6.07) is 0.380. The minimum atomic E-state index is -0.884. The minimum Gasteiger partial charge on any atom is -0.478 e. The lowest BCUT2D eigenvalue weighted by Gasteiger charge is -2.23. The first-order chi connectivity index (χ1) is 8.59. The molecule has 0 aromatic carbocycles. The molecule has 2 atom stereocenters. The normalized spacial score (nSPS) is 24.6. The summed E-state index contributed by atoms with van der Waals surface area (Å²) in [5.41, 5.74) is 0.952. The molecule has 5 heteroatoms. The highest BCUT2D eigenvalue weighted by Crippen LogP contribution is 2.30. The molecule has 100 valence electrons. The van der Waals surface area contributed by atoms with E-state index in [-0.39, 0.29) is 0 Å². The second-order valence-electron chi connectivity index (χ2n) is 5.14. The molecule has 2 N–H and O–H groups in total. The monoisotopic (exact) mass is 268 g/mol. The van der Waals surface area contributed by atoms with Crippen molar-refractivity contribution in [3.63, 3.8) is 0 Å². The molecule has 0 radical (unpaired) electrons. The van der Waals surface area contributed by atoms with E-state index < -0.39 is 5.97 Å². The molecule has 1 aliphatic carbocycles. The van der Waals surface area contributed by atoms with Crippen molar-refractivity contribution in [3.05, 3.63) is 11.3 Å². The summed E-state index contributed by atoms with van der Waals surface area (Å²) < 4.78 is 4.15. The number of carboxylic acids is 1. The maximum absolute atomic E-state index is 11.2. The van der Waals surface area contributed by atoms with Crippen LogP contribution in [0, 0.1) is 12.8 Å². The Morgan fingerprint density at radius 1 is 1.39 bits per heavy atom. The number of aryl methyl sites for hydroxylation is 1. The van der Waals surface area contributed by atoms with E-state index in [0.29, 0.717) is 23.2 Å². The average molecular weight is 268 g/mol. The molecule has 1 aromatic rings. The molecule has 0 bridgehead atoms. The summed E-state index contributed by atoms with van der Waals surface area (Å²) >= 11 is 1.27. The number of carbonyl (C=O) groups is 1. The summed E-state index contributed by atoms with van der Waals surface area (Å²) in [4.78, 5) is 11.2. The number of rotatable bonds is 3. The third-order valence-corrected chi connectivity index (χ3v) is 4.62.